The van der Waals surface area contributed by atoms with E-state index in [1.807, 2.05) is 24.8 Å². The molecule has 3 rings (SSSR count). The zero-order valence-corrected chi connectivity index (χ0v) is 17.2. The fourth-order valence-corrected chi connectivity index (χ4v) is 3.84. The van der Waals surface area contributed by atoms with Gasteiger partial charge in [0.15, 0.2) is 0 Å². The average molecular weight is 388 g/mol. The van der Waals surface area contributed by atoms with E-state index in [1.54, 1.807) is 6.20 Å². The van der Waals surface area contributed by atoms with Crippen LogP contribution in [0.2, 0.25) is 0 Å². The third-order valence-corrected chi connectivity index (χ3v) is 5.28. The number of rotatable bonds is 5. The third-order valence-electron chi connectivity index (χ3n) is 5.28. The van der Waals surface area contributed by atoms with Gasteiger partial charge in [-0.2, -0.15) is 0 Å². The van der Waals surface area contributed by atoms with Gasteiger partial charge in [0.25, 0.3) is 5.91 Å². The number of pyridine rings is 1. The standard InChI is InChI=1S/C21H33N5O2/c1-16(2)13-19(27)24-17-14-18(21(28)26-9-5-3-4-6-10-26)20(23-15-17)25-11-7-22-8-12-25/h14-16,22H,3-13H2,1-2H3,(H,24,27). The molecule has 1 aromatic rings. The first kappa shape index (κ1) is 20.6. The minimum atomic E-state index is -0.0418. The number of anilines is 2. The molecular formula is C21H33N5O2. The Labute approximate surface area is 167 Å². The van der Waals surface area contributed by atoms with Gasteiger partial charge in [0.2, 0.25) is 5.91 Å². The summed E-state index contributed by atoms with van der Waals surface area (Å²) in [7, 11) is 0. The van der Waals surface area contributed by atoms with Crippen molar-refractivity contribution in [1.82, 2.24) is 15.2 Å². The number of likely N-dealkylation sites (tertiary alicyclic amines) is 1. The van der Waals surface area contributed by atoms with Crippen molar-refractivity contribution in [3.63, 3.8) is 0 Å². The largest absolute Gasteiger partial charge is 0.353 e. The molecular weight excluding hydrogens is 354 g/mol. The highest BCUT2D eigenvalue weighted by atomic mass is 16.2. The van der Waals surface area contributed by atoms with Crippen molar-refractivity contribution < 1.29 is 9.59 Å². The molecule has 0 unspecified atom stereocenters. The first-order chi connectivity index (χ1) is 13.5. The van der Waals surface area contributed by atoms with E-state index in [9.17, 15) is 9.59 Å². The number of amides is 2. The van der Waals surface area contributed by atoms with Crippen LogP contribution in [-0.4, -0.2) is 61.0 Å². The van der Waals surface area contributed by atoms with Gasteiger partial charge in [-0.3, -0.25) is 9.59 Å². The van der Waals surface area contributed by atoms with Gasteiger partial charge in [-0.1, -0.05) is 26.7 Å². The molecule has 1 aromatic heterocycles. The summed E-state index contributed by atoms with van der Waals surface area (Å²) in [4.78, 5) is 34.3. The lowest BCUT2D eigenvalue weighted by Crippen LogP contribution is -2.45. The van der Waals surface area contributed by atoms with Crippen molar-refractivity contribution in [3.05, 3.63) is 17.8 Å². The van der Waals surface area contributed by atoms with Crippen molar-refractivity contribution >= 4 is 23.3 Å². The molecule has 2 aliphatic rings. The molecule has 2 fully saturated rings. The maximum Gasteiger partial charge on any atom is 0.257 e. The lowest BCUT2D eigenvalue weighted by Gasteiger charge is -2.31. The Balaban J connectivity index is 1.86. The Morgan fingerprint density at radius 1 is 1.11 bits per heavy atom. The van der Waals surface area contributed by atoms with Gasteiger partial charge < -0.3 is 20.4 Å². The van der Waals surface area contributed by atoms with Crippen LogP contribution in [0.3, 0.4) is 0 Å². The smallest absolute Gasteiger partial charge is 0.257 e. The van der Waals surface area contributed by atoms with Crippen LogP contribution in [0.5, 0.6) is 0 Å². The van der Waals surface area contributed by atoms with Gasteiger partial charge in [0.1, 0.15) is 5.82 Å². The van der Waals surface area contributed by atoms with Crippen molar-refractivity contribution in [1.29, 1.82) is 0 Å². The summed E-state index contributed by atoms with van der Waals surface area (Å²) in [6.07, 6.45) is 6.58. The summed E-state index contributed by atoms with van der Waals surface area (Å²) in [5.74, 6) is 1.01. The highest BCUT2D eigenvalue weighted by molar-refractivity contribution is 6.01. The SMILES string of the molecule is CC(C)CC(=O)Nc1cnc(N2CCNCC2)c(C(=O)N2CCCCCC2)c1. The van der Waals surface area contributed by atoms with Crippen molar-refractivity contribution in [2.24, 2.45) is 5.92 Å². The first-order valence-electron chi connectivity index (χ1n) is 10.6. The topological polar surface area (TPSA) is 77.6 Å². The van der Waals surface area contributed by atoms with E-state index >= 15 is 0 Å². The molecule has 0 spiro atoms. The molecule has 154 valence electrons. The summed E-state index contributed by atoms with van der Waals surface area (Å²) in [5, 5.41) is 6.25. The van der Waals surface area contributed by atoms with E-state index < -0.39 is 0 Å². The molecule has 3 heterocycles. The quantitative estimate of drug-likeness (QED) is 0.812. The molecule has 7 nitrogen and oxygen atoms in total. The number of carbonyl (C=O) groups is 2. The predicted octanol–water partition coefficient (Wildman–Crippen LogP) is 2.49. The second-order valence-corrected chi connectivity index (χ2v) is 8.18. The normalized spacial score (nSPS) is 18.1. The number of hydrogen-bond donors (Lipinski definition) is 2. The number of piperazine rings is 1. The van der Waals surface area contributed by atoms with Crippen LogP contribution in [0.4, 0.5) is 11.5 Å². The van der Waals surface area contributed by atoms with Crippen LogP contribution in [0.1, 0.15) is 56.3 Å². The zero-order valence-electron chi connectivity index (χ0n) is 17.2. The molecule has 0 aromatic carbocycles. The van der Waals surface area contributed by atoms with E-state index in [1.165, 1.54) is 12.8 Å². The molecule has 2 saturated heterocycles. The summed E-state index contributed by atoms with van der Waals surface area (Å²) in [6.45, 7) is 9.03. The van der Waals surface area contributed by atoms with E-state index in [4.69, 9.17) is 0 Å². The second kappa shape index (κ2) is 9.87. The first-order valence-corrected chi connectivity index (χ1v) is 10.6. The summed E-state index contributed by atoms with van der Waals surface area (Å²) in [6, 6.07) is 1.82. The van der Waals surface area contributed by atoms with Crippen LogP contribution in [0, 0.1) is 5.92 Å². The molecule has 0 bridgehead atoms. The molecule has 7 heteroatoms. The third kappa shape index (κ3) is 5.44. The van der Waals surface area contributed by atoms with Crippen LogP contribution < -0.4 is 15.5 Å². The molecule has 2 aliphatic heterocycles. The Kier molecular flexibility index (Phi) is 7.25. The number of nitrogens with zero attached hydrogens (tertiary/aromatic N) is 3. The fraction of sp³-hybridized carbons (Fsp3) is 0.667. The Morgan fingerprint density at radius 3 is 2.43 bits per heavy atom. The average Bonchev–Trinajstić information content (AvgIpc) is 2.97. The van der Waals surface area contributed by atoms with Gasteiger partial charge in [-0.05, 0) is 24.8 Å². The fourth-order valence-electron chi connectivity index (χ4n) is 3.84. The summed E-state index contributed by atoms with van der Waals surface area (Å²) in [5.41, 5.74) is 1.20. The second-order valence-electron chi connectivity index (χ2n) is 8.18. The summed E-state index contributed by atoms with van der Waals surface area (Å²) >= 11 is 0. The highest BCUT2D eigenvalue weighted by Gasteiger charge is 2.25. The number of carbonyl (C=O) groups excluding carboxylic acids is 2. The van der Waals surface area contributed by atoms with Crippen molar-refractivity contribution in [2.75, 3.05) is 49.5 Å². The monoisotopic (exact) mass is 387 g/mol. The van der Waals surface area contributed by atoms with E-state index in [2.05, 4.69) is 20.5 Å². The van der Waals surface area contributed by atoms with Crippen LogP contribution in [-0.2, 0) is 4.79 Å². The van der Waals surface area contributed by atoms with E-state index in [0.29, 0.717) is 17.7 Å². The minimum absolute atomic E-state index is 0.0305. The molecule has 28 heavy (non-hydrogen) atoms. The molecule has 0 atom stereocenters. The lowest BCUT2D eigenvalue weighted by atomic mass is 10.1. The molecule has 0 radical (unpaired) electrons. The van der Waals surface area contributed by atoms with Crippen LogP contribution >= 0.6 is 0 Å². The minimum Gasteiger partial charge on any atom is -0.353 e. The van der Waals surface area contributed by atoms with Gasteiger partial charge in [-0.25, -0.2) is 4.98 Å². The molecule has 0 saturated carbocycles. The molecule has 2 N–H and O–H groups in total. The van der Waals surface area contributed by atoms with Gasteiger partial charge in [0.05, 0.1) is 17.4 Å². The van der Waals surface area contributed by atoms with Gasteiger partial charge in [0, 0.05) is 45.7 Å². The number of nitrogens with one attached hydrogen (secondary N) is 2. The van der Waals surface area contributed by atoms with E-state index in [-0.39, 0.29) is 17.7 Å². The maximum atomic E-state index is 13.4. The highest BCUT2D eigenvalue weighted by Crippen LogP contribution is 2.25. The Morgan fingerprint density at radius 2 is 1.79 bits per heavy atom. The van der Waals surface area contributed by atoms with Crippen molar-refractivity contribution in [3.8, 4) is 0 Å². The van der Waals surface area contributed by atoms with Gasteiger partial charge in [-0.15, -0.1) is 0 Å². The van der Waals surface area contributed by atoms with Crippen LogP contribution in [0.15, 0.2) is 12.3 Å². The predicted molar refractivity (Wildman–Crippen MR) is 112 cm³/mol. The number of aromatic nitrogens is 1. The maximum absolute atomic E-state index is 13.4. The molecule has 2 amide bonds. The van der Waals surface area contributed by atoms with Crippen molar-refractivity contribution in [2.45, 2.75) is 46.0 Å². The lowest BCUT2D eigenvalue weighted by molar-refractivity contribution is -0.116. The van der Waals surface area contributed by atoms with Crippen LogP contribution in [0.25, 0.3) is 0 Å². The summed E-state index contributed by atoms with van der Waals surface area (Å²) < 4.78 is 0. The zero-order chi connectivity index (χ0) is 19.9. The Bertz CT molecular complexity index is 677. The van der Waals surface area contributed by atoms with Gasteiger partial charge >= 0.3 is 0 Å². The number of hydrogen-bond acceptors (Lipinski definition) is 5. The van der Waals surface area contributed by atoms with E-state index in [0.717, 1.165) is 57.9 Å². The Hall–Kier alpha value is -2.15. The molecule has 0 aliphatic carbocycles.